The average Bonchev–Trinajstić information content (AvgIpc) is 2.63. The molecule has 0 aliphatic carbocycles. The van der Waals surface area contributed by atoms with Crippen molar-refractivity contribution in [3.8, 4) is 11.5 Å². The number of aromatic nitrogens is 3. The molecule has 0 spiro atoms. The zero-order chi connectivity index (χ0) is 22.2. The molecule has 9 heteroatoms. The van der Waals surface area contributed by atoms with E-state index in [0.29, 0.717) is 17.1 Å². The SMILES string of the molecule is CC(C)n1c(=O)c(Oc2ccc(F)cc2F)cc2cnc(NC(C)C(C)(C)O)nc21. The number of rotatable bonds is 6. The minimum atomic E-state index is -1.01. The predicted molar refractivity (Wildman–Crippen MR) is 110 cm³/mol. The Balaban J connectivity index is 2.09. The van der Waals surface area contributed by atoms with E-state index in [1.54, 1.807) is 34.6 Å². The number of nitrogens with zero attached hydrogens (tertiary/aromatic N) is 3. The number of aliphatic hydroxyl groups is 1. The summed E-state index contributed by atoms with van der Waals surface area (Å²) >= 11 is 0. The van der Waals surface area contributed by atoms with Crippen LogP contribution < -0.4 is 15.6 Å². The highest BCUT2D eigenvalue weighted by atomic mass is 19.1. The van der Waals surface area contributed by atoms with Gasteiger partial charge in [-0.25, -0.2) is 13.8 Å². The smallest absolute Gasteiger partial charge is 0.295 e. The van der Waals surface area contributed by atoms with Crippen LogP contribution in [0.1, 0.15) is 40.7 Å². The summed E-state index contributed by atoms with van der Waals surface area (Å²) < 4.78 is 34.0. The van der Waals surface area contributed by atoms with E-state index in [1.165, 1.54) is 16.8 Å². The molecule has 0 saturated carbocycles. The minimum Gasteiger partial charge on any atom is -0.448 e. The molecule has 30 heavy (non-hydrogen) atoms. The molecule has 0 aliphatic heterocycles. The number of pyridine rings is 1. The van der Waals surface area contributed by atoms with Gasteiger partial charge in [0.15, 0.2) is 17.3 Å². The van der Waals surface area contributed by atoms with Crippen LogP contribution in [-0.2, 0) is 0 Å². The van der Waals surface area contributed by atoms with Gasteiger partial charge >= 0.3 is 0 Å². The normalized spacial score (nSPS) is 13.0. The number of hydrogen-bond acceptors (Lipinski definition) is 6. The number of anilines is 1. The van der Waals surface area contributed by atoms with Gasteiger partial charge in [0.25, 0.3) is 5.56 Å². The lowest BCUT2D eigenvalue weighted by Crippen LogP contribution is -2.39. The van der Waals surface area contributed by atoms with E-state index in [1.807, 2.05) is 0 Å². The number of nitrogens with one attached hydrogen (secondary N) is 1. The Bertz CT molecular complexity index is 1140. The highest BCUT2D eigenvalue weighted by molar-refractivity contribution is 5.77. The van der Waals surface area contributed by atoms with Crippen molar-refractivity contribution in [3.63, 3.8) is 0 Å². The summed E-state index contributed by atoms with van der Waals surface area (Å²) in [7, 11) is 0. The van der Waals surface area contributed by atoms with Gasteiger partial charge in [-0.2, -0.15) is 4.98 Å². The molecular weight excluding hydrogens is 394 g/mol. The van der Waals surface area contributed by atoms with Crippen LogP contribution in [-0.4, -0.2) is 31.3 Å². The first-order chi connectivity index (χ1) is 14.0. The first-order valence-corrected chi connectivity index (χ1v) is 9.51. The Labute approximate surface area is 172 Å². The van der Waals surface area contributed by atoms with E-state index in [4.69, 9.17) is 4.74 Å². The van der Waals surface area contributed by atoms with Crippen LogP contribution in [0.5, 0.6) is 11.5 Å². The van der Waals surface area contributed by atoms with Crippen molar-refractivity contribution in [1.82, 2.24) is 14.5 Å². The van der Waals surface area contributed by atoms with Crippen molar-refractivity contribution >= 4 is 17.0 Å². The van der Waals surface area contributed by atoms with E-state index in [2.05, 4.69) is 15.3 Å². The molecule has 1 atom stereocenters. The number of hydrogen-bond donors (Lipinski definition) is 2. The topological polar surface area (TPSA) is 89.3 Å². The van der Waals surface area contributed by atoms with Gasteiger partial charge in [-0.15, -0.1) is 0 Å². The van der Waals surface area contributed by atoms with E-state index < -0.39 is 22.8 Å². The molecule has 2 aromatic heterocycles. The lowest BCUT2D eigenvalue weighted by Gasteiger charge is -2.26. The molecule has 0 bridgehead atoms. The summed E-state index contributed by atoms with van der Waals surface area (Å²) in [4.78, 5) is 21.7. The molecule has 1 aromatic carbocycles. The lowest BCUT2D eigenvalue weighted by molar-refractivity contribution is 0.0646. The highest BCUT2D eigenvalue weighted by Gasteiger charge is 2.23. The van der Waals surface area contributed by atoms with Crippen LogP contribution in [0.2, 0.25) is 0 Å². The van der Waals surface area contributed by atoms with E-state index in [9.17, 15) is 18.7 Å². The fourth-order valence-corrected chi connectivity index (χ4v) is 2.76. The van der Waals surface area contributed by atoms with Crippen molar-refractivity contribution in [2.45, 2.75) is 52.3 Å². The largest absolute Gasteiger partial charge is 0.448 e. The second-order valence-corrected chi connectivity index (χ2v) is 7.95. The van der Waals surface area contributed by atoms with Gasteiger partial charge in [0.05, 0.1) is 11.6 Å². The average molecular weight is 418 g/mol. The third-order valence-electron chi connectivity index (χ3n) is 4.78. The van der Waals surface area contributed by atoms with Crippen LogP contribution in [0.25, 0.3) is 11.0 Å². The molecule has 0 fully saturated rings. The van der Waals surface area contributed by atoms with Crippen LogP contribution in [0.15, 0.2) is 35.3 Å². The van der Waals surface area contributed by atoms with E-state index >= 15 is 0 Å². The molecule has 2 N–H and O–H groups in total. The van der Waals surface area contributed by atoms with Crippen molar-refractivity contribution in [1.29, 1.82) is 0 Å². The summed E-state index contributed by atoms with van der Waals surface area (Å²) in [6.45, 7) is 8.72. The number of halogens is 2. The third kappa shape index (κ3) is 4.40. The Morgan fingerprint density at radius 3 is 2.47 bits per heavy atom. The molecular formula is C21H24F2N4O3. The van der Waals surface area contributed by atoms with Gasteiger partial charge in [0, 0.05) is 23.7 Å². The number of fused-ring (bicyclic) bond motifs is 1. The summed E-state index contributed by atoms with van der Waals surface area (Å²) in [5.74, 6) is -1.80. The lowest BCUT2D eigenvalue weighted by atomic mass is 10.0. The fraction of sp³-hybridized carbons (Fsp3) is 0.381. The van der Waals surface area contributed by atoms with Gasteiger partial charge in [-0.05, 0) is 52.8 Å². The monoisotopic (exact) mass is 418 g/mol. The quantitative estimate of drug-likeness (QED) is 0.629. The molecule has 0 aliphatic rings. The molecule has 7 nitrogen and oxygen atoms in total. The van der Waals surface area contributed by atoms with Crippen molar-refractivity contribution < 1.29 is 18.6 Å². The maximum absolute atomic E-state index is 14.0. The second kappa shape index (κ2) is 7.98. The summed E-state index contributed by atoms with van der Waals surface area (Å²) in [5.41, 5.74) is -1.16. The second-order valence-electron chi connectivity index (χ2n) is 7.95. The van der Waals surface area contributed by atoms with Crippen molar-refractivity contribution in [2.75, 3.05) is 5.32 Å². The summed E-state index contributed by atoms with van der Waals surface area (Å²) in [6.07, 6.45) is 1.51. The van der Waals surface area contributed by atoms with Gasteiger partial charge in [-0.1, -0.05) is 0 Å². The molecule has 0 radical (unpaired) electrons. The molecule has 0 amide bonds. The summed E-state index contributed by atoms with van der Waals surface area (Å²) in [5, 5.41) is 13.6. The first kappa shape index (κ1) is 21.6. The van der Waals surface area contributed by atoms with Crippen LogP contribution >= 0.6 is 0 Å². The summed E-state index contributed by atoms with van der Waals surface area (Å²) in [6, 6.07) is 3.64. The van der Waals surface area contributed by atoms with Crippen LogP contribution in [0, 0.1) is 11.6 Å². The minimum absolute atomic E-state index is 0.129. The maximum Gasteiger partial charge on any atom is 0.295 e. The maximum atomic E-state index is 14.0. The Hall–Kier alpha value is -3.07. The zero-order valence-corrected chi connectivity index (χ0v) is 17.4. The first-order valence-electron chi connectivity index (χ1n) is 9.51. The highest BCUT2D eigenvalue weighted by Crippen LogP contribution is 2.26. The Morgan fingerprint density at radius 1 is 1.17 bits per heavy atom. The standard InChI is InChI=1S/C21H24F2N4O3/c1-11(2)27-18-13(10-24-20(26-18)25-12(3)21(4,5)29)8-17(19(27)28)30-16-7-6-14(22)9-15(16)23/h6-12,29H,1-5H3,(H,24,25,26). The van der Waals surface area contributed by atoms with Crippen LogP contribution in [0.4, 0.5) is 14.7 Å². The molecule has 2 heterocycles. The fourth-order valence-electron chi connectivity index (χ4n) is 2.76. The zero-order valence-electron chi connectivity index (χ0n) is 17.4. The number of ether oxygens (including phenoxy) is 1. The van der Waals surface area contributed by atoms with Crippen molar-refractivity contribution in [2.24, 2.45) is 0 Å². The Morgan fingerprint density at radius 2 is 1.87 bits per heavy atom. The number of benzene rings is 1. The van der Waals surface area contributed by atoms with Gasteiger partial charge in [0.2, 0.25) is 5.95 Å². The Kier molecular flexibility index (Phi) is 5.76. The molecule has 160 valence electrons. The van der Waals surface area contributed by atoms with E-state index in [-0.39, 0.29) is 29.5 Å². The van der Waals surface area contributed by atoms with Gasteiger partial charge in [-0.3, -0.25) is 9.36 Å². The predicted octanol–water partition coefficient (Wildman–Crippen LogP) is 4.01. The molecule has 1 unspecified atom stereocenters. The molecule has 3 rings (SSSR count). The van der Waals surface area contributed by atoms with Crippen LogP contribution in [0.3, 0.4) is 0 Å². The molecule has 3 aromatic rings. The van der Waals surface area contributed by atoms with Crippen molar-refractivity contribution in [3.05, 3.63) is 52.5 Å². The molecule has 0 saturated heterocycles. The van der Waals surface area contributed by atoms with Gasteiger partial charge in [0.1, 0.15) is 11.5 Å². The third-order valence-corrected chi connectivity index (χ3v) is 4.78. The van der Waals surface area contributed by atoms with Gasteiger partial charge < -0.3 is 15.2 Å². The van der Waals surface area contributed by atoms with E-state index in [0.717, 1.165) is 12.1 Å².